The molecule has 0 fully saturated rings. The highest BCUT2D eigenvalue weighted by molar-refractivity contribution is 6.02. The Kier molecular flexibility index (Phi) is 4.52. The van der Waals surface area contributed by atoms with Crippen LogP contribution in [0.4, 0.5) is 17.2 Å². The number of hydrogen-bond acceptors (Lipinski definition) is 4. The van der Waals surface area contributed by atoms with Crippen LogP contribution in [0.3, 0.4) is 0 Å². The van der Waals surface area contributed by atoms with Gasteiger partial charge in [0.1, 0.15) is 11.5 Å². The van der Waals surface area contributed by atoms with E-state index in [-0.39, 0.29) is 11.6 Å². The Morgan fingerprint density at radius 2 is 1.67 bits per heavy atom. The van der Waals surface area contributed by atoms with Crippen LogP contribution in [0.2, 0.25) is 0 Å². The molecule has 0 radical (unpaired) electrons. The predicted octanol–water partition coefficient (Wildman–Crippen LogP) is 4.09. The van der Waals surface area contributed by atoms with Crippen LogP contribution >= 0.6 is 0 Å². The number of aromatic nitrogens is 2. The molecule has 1 aromatic heterocycles. The van der Waals surface area contributed by atoms with Gasteiger partial charge in [-0.3, -0.25) is 4.79 Å². The fraction of sp³-hybridized carbons (Fsp3) is 0.105. The van der Waals surface area contributed by atoms with Crippen molar-refractivity contribution in [3.05, 3.63) is 77.7 Å². The first-order chi connectivity index (χ1) is 11.6. The zero-order valence-corrected chi connectivity index (χ0v) is 13.6. The molecule has 1 heterocycles. The van der Waals surface area contributed by atoms with E-state index in [0.717, 1.165) is 11.4 Å². The van der Waals surface area contributed by atoms with Gasteiger partial charge in [-0.2, -0.15) is 0 Å². The van der Waals surface area contributed by atoms with Crippen molar-refractivity contribution in [2.24, 2.45) is 0 Å². The highest BCUT2D eigenvalue weighted by Gasteiger charge is 2.08. The molecule has 0 saturated carbocycles. The van der Waals surface area contributed by atoms with Gasteiger partial charge in [0.2, 0.25) is 0 Å². The molecule has 3 rings (SSSR count). The number of carbonyl (C=O) groups is 1. The number of hydrogen-bond donors (Lipinski definition) is 2. The van der Waals surface area contributed by atoms with Crippen LogP contribution in [0.5, 0.6) is 0 Å². The molecule has 3 aromatic rings. The number of nitrogens with one attached hydrogen (secondary N) is 2. The van der Waals surface area contributed by atoms with Crippen LogP contribution in [-0.2, 0) is 0 Å². The average Bonchev–Trinajstić information content (AvgIpc) is 2.60. The van der Waals surface area contributed by atoms with E-state index < -0.39 is 0 Å². The van der Waals surface area contributed by atoms with E-state index in [1.54, 1.807) is 6.20 Å². The van der Waals surface area contributed by atoms with Crippen LogP contribution in [-0.4, -0.2) is 15.9 Å². The highest BCUT2D eigenvalue weighted by atomic mass is 16.1. The lowest BCUT2D eigenvalue weighted by Crippen LogP contribution is -2.14. The molecule has 0 aliphatic heterocycles. The van der Waals surface area contributed by atoms with Crippen LogP contribution in [0.25, 0.3) is 0 Å². The summed E-state index contributed by atoms with van der Waals surface area (Å²) in [6, 6.07) is 15.3. The first kappa shape index (κ1) is 15.7. The van der Waals surface area contributed by atoms with Crippen molar-refractivity contribution >= 4 is 23.1 Å². The summed E-state index contributed by atoms with van der Waals surface area (Å²) < 4.78 is 0. The molecule has 0 saturated heterocycles. The van der Waals surface area contributed by atoms with E-state index in [9.17, 15) is 4.79 Å². The summed E-state index contributed by atoms with van der Waals surface area (Å²) in [7, 11) is 0. The van der Waals surface area contributed by atoms with E-state index in [1.165, 1.54) is 17.3 Å². The van der Waals surface area contributed by atoms with Gasteiger partial charge in [0, 0.05) is 11.4 Å². The predicted molar refractivity (Wildman–Crippen MR) is 95.6 cm³/mol. The maximum absolute atomic E-state index is 12.1. The molecule has 24 heavy (non-hydrogen) atoms. The normalized spacial score (nSPS) is 10.2. The number of nitrogens with zero attached hydrogens (tertiary/aromatic N) is 2. The van der Waals surface area contributed by atoms with Gasteiger partial charge in [-0.25, -0.2) is 9.97 Å². The Hall–Kier alpha value is -3.21. The molecule has 0 bridgehead atoms. The summed E-state index contributed by atoms with van der Waals surface area (Å²) in [4.78, 5) is 20.6. The van der Waals surface area contributed by atoms with Gasteiger partial charge in [-0.1, -0.05) is 24.3 Å². The van der Waals surface area contributed by atoms with E-state index in [0.29, 0.717) is 5.82 Å². The molecule has 0 atom stereocenters. The van der Waals surface area contributed by atoms with Crippen LogP contribution in [0.15, 0.2) is 60.9 Å². The minimum absolute atomic E-state index is 0.268. The molecule has 0 unspecified atom stereocenters. The third kappa shape index (κ3) is 3.76. The van der Waals surface area contributed by atoms with E-state index in [2.05, 4.69) is 34.4 Å². The average molecular weight is 318 g/mol. The van der Waals surface area contributed by atoms with E-state index in [4.69, 9.17) is 0 Å². The van der Waals surface area contributed by atoms with E-state index in [1.807, 2.05) is 48.5 Å². The number of carbonyl (C=O) groups excluding carboxylic acids is 1. The molecule has 5 heteroatoms. The van der Waals surface area contributed by atoms with Crippen molar-refractivity contribution in [2.75, 3.05) is 10.6 Å². The Morgan fingerprint density at radius 1 is 0.875 bits per heavy atom. The van der Waals surface area contributed by atoms with Crippen molar-refractivity contribution in [1.82, 2.24) is 9.97 Å². The van der Waals surface area contributed by atoms with Crippen molar-refractivity contribution in [1.29, 1.82) is 0 Å². The molecule has 1 amide bonds. The topological polar surface area (TPSA) is 66.9 Å². The smallest absolute Gasteiger partial charge is 0.275 e. The molecule has 2 aromatic carbocycles. The summed E-state index contributed by atoms with van der Waals surface area (Å²) in [5.74, 6) is 0.306. The number of amides is 1. The molecule has 5 nitrogen and oxygen atoms in total. The summed E-state index contributed by atoms with van der Waals surface area (Å²) >= 11 is 0. The van der Waals surface area contributed by atoms with Crippen molar-refractivity contribution < 1.29 is 4.79 Å². The van der Waals surface area contributed by atoms with Gasteiger partial charge >= 0.3 is 0 Å². The van der Waals surface area contributed by atoms with Crippen molar-refractivity contribution in [2.45, 2.75) is 13.8 Å². The number of benzene rings is 2. The monoisotopic (exact) mass is 318 g/mol. The quantitative estimate of drug-likeness (QED) is 0.760. The Morgan fingerprint density at radius 3 is 2.33 bits per heavy atom. The summed E-state index contributed by atoms with van der Waals surface area (Å²) in [6.45, 7) is 4.13. The SMILES string of the molecule is Cc1ccc(Nc2cnc(C(=O)Nc3ccccc3)cn2)cc1C. The van der Waals surface area contributed by atoms with E-state index >= 15 is 0 Å². The van der Waals surface area contributed by atoms with Crippen LogP contribution in [0.1, 0.15) is 21.6 Å². The first-order valence-electron chi connectivity index (χ1n) is 7.64. The zero-order valence-electron chi connectivity index (χ0n) is 13.6. The van der Waals surface area contributed by atoms with Gasteiger partial charge < -0.3 is 10.6 Å². The number of para-hydroxylation sites is 1. The summed E-state index contributed by atoms with van der Waals surface area (Å²) in [5.41, 5.74) is 4.37. The highest BCUT2D eigenvalue weighted by Crippen LogP contribution is 2.18. The second-order valence-corrected chi connectivity index (χ2v) is 5.53. The van der Waals surface area contributed by atoms with Crippen molar-refractivity contribution in [3.63, 3.8) is 0 Å². The zero-order chi connectivity index (χ0) is 16.9. The fourth-order valence-corrected chi connectivity index (χ4v) is 2.19. The third-order valence-corrected chi connectivity index (χ3v) is 3.70. The molecule has 0 aliphatic carbocycles. The number of rotatable bonds is 4. The van der Waals surface area contributed by atoms with Gasteiger partial charge in [-0.15, -0.1) is 0 Å². The second-order valence-electron chi connectivity index (χ2n) is 5.53. The van der Waals surface area contributed by atoms with Crippen molar-refractivity contribution in [3.8, 4) is 0 Å². The molecule has 0 aliphatic rings. The van der Waals surface area contributed by atoms with Crippen LogP contribution in [0, 0.1) is 13.8 Å². The minimum atomic E-state index is -0.286. The molecular formula is C19H18N4O. The Bertz CT molecular complexity index is 845. The standard InChI is InChI=1S/C19H18N4O/c1-13-8-9-16(10-14(13)2)22-18-12-20-17(11-21-18)19(24)23-15-6-4-3-5-7-15/h3-12H,1-2H3,(H,21,22)(H,23,24). The van der Waals surface area contributed by atoms with Gasteiger partial charge in [0.15, 0.2) is 0 Å². The summed E-state index contributed by atoms with van der Waals surface area (Å²) in [6.07, 6.45) is 3.01. The van der Waals surface area contributed by atoms with Gasteiger partial charge in [0.05, 0.1) is 12.4 Å². The van der Waals surface area contributed by atoms with Crippen LogP contribution < -0.4 is 10.6 Å². The number of anilines is 3. The molecule has 0 spiro atoms. The lowest BCUT2D eigenvalue weighted by Gasteiger charge is -2.08. The fourth-order valence-electron chi connectivity index (χ4n) is 2.19. The van der Waals surface area contributed by atoms with Gasteiger partial charge in [0.25, 0.3) is 5.91 Å². The number of aryl methyl sites for hydroxylation is 2. The lowest BCUT2D eigenvalue weighted by molar-refractivity contribution is 0.102. The molecule has 2 N–H and O–H groups in total. The largest absolute Gasteiger partial charge is 0.339 e. The second kappa shape index (κ2) is 6.91. The maximum Gasteiger partial charge on any atom is 0.275 e. The minimum Gasteiger partial charge on any atom is -0.339 e. The van der Waals surface area contributed by atoms with Gasteiger partial charge in [-0.05, 0) is 49.2 Å². The molecule has 120 valence electrons. The Labute approximate surface area is 140 Å². The lowest BCUT2D eigenvalue weighted by atomic mass is 10.1. The summed E-state index contributed by atoms with van der Waals surface area (Å²) in [5, 5.41) is 5.96. The first-order valence-corrected chi connectivity index (χ1v) is 7.64. The maximum atomic E-state index is 12.1. The third-order valence-electron chi connectivity index (χ3n) is 3.70. The Balaban J connectivity index is 1.68. The molecular weight excluding hydrogens is 300 g/mol.